The average molecular weight is 308 g/mol. The number of hydrogen-bond donors (Lipinski definition) is 0. The first kappa shape index (κ1) is 13.7. The summed E-state index contributed by atoms with van der Waals surface area (Å²) in [7, 11) is 0. The molecule has 1 amide bonds. The third-order valence-electron chi connectivity index (χ3n) is 3.64. The Balaban J connectivity index is 1.81. The second kappa shape index (κ2) is 5.61. The van der Waals surface area contributed by atoms with Crippen molar-refractivity contribution < 1.29 is 9.21 Å². The summed E-state index contributed by atoms with van der Waals surface area (Å²) < 4.78 is 5.05. The van der Waals surface area contributed by atoms with Crippen LogP contribution >= 0.6 is 23.1 Å². The lowest BCUT2D eigenvalue weighted by atomic mass is 10.2. The molecule has 20 heavy (non-hydrogen) atoms. The van der Waals surface area contributed by atoms with Crippen LogP contribution in [0.1, 0.15) is 24.3 Å². The van der Waals surface area contributed by atoms with Gasteiger partial charge < -0.3 is 9.32 Å². The monoisotopic (exact) mass is 308 g/mol. The maximum atomic E-state index is 12.6. The third-order valence-corrected chi connectivity index (χ3v) is 5.87. The van der Waals surface area contributed by atoms with Gasteiger partial charge in [0.05, 0.1) is 6.26 Å². The summed E-state index contributed by atoms with van der Waals surface area (Å²) in [5.74, 6) is 1.03. The van der Waals surface area contributed by atoms with Gasteiger partial charge in [0.25, 0.3) is 5.91 Å². The molecule has 1 fully saturated rings. The van der Waals surface area contributed by atoms with Crippen molar-refractivity contribution in [3.63, 3.8) is 0 Å². The van der Waals surface area contributed by atoms with Crippen LogP contribution in [0.3, 0.4) is 0 Å². The summed E-state index contributed by atoms with van der Waals surface area (Å²) in [6, 6.07) is 2.11. The van der Waals surface area contributed by atoms with E-state index in [9.17, 15) is 4.79 Å². The van der Waals surface area contributed by atoms with Gasteiger partial charge in [0.1, 0.15) is 17.0 Å². The Morgan fingerprint density at radius 3 is 3.10 bits per heavy atom. The smallest absolute Gasteiger partial charge is 0.273 e. The summed E-state index contributed by atoms with van der Waals surface area (Å²) in [5, 5.41) is 3.14. The predicted molar refractivity (Wildman–Crippen MR) is 82.2 cm³/mol. The molecule has 0 radical (unpaired) electrons. The average Bonchev–Trinajstić information content (AvgIpc) is 3.11. The highest BCUT2D eigenvalue weighted by Crippen LogP contribution is 2.28. The lowest BCUT2D eigenvalue weighted by Gasteiger charge is -2.37. The number of aromatic nitrogens is 1. The largest absolute Gasteiger partial charge is 0.472 e. The van der Waals surface area contributed by atoms with Crippen LogP contribution < -0.4 is 0 Å². The van der Waals surface area contributed by atoms with E-state index in [0.717, 1.165) is 22.9 Å². The van der Waals surface area contributed by atoms with E-state index < -0.39 is 0 Å². The van der Waals surface area contributed by atoms with Crippen LogP contribution in [0.4, 0.5) is 0 Å². The molecule has 0 aromatic carbocycles. The Labute approximate surface area is 126 Å². The topological polar surface area (TPSA) is 46.3 Å². The molecule has 0 spiro atoms. The molecule has 0 aliphatic carbocycles. The first-order chi connectivity index (χ1) is 9.66. The number of nitrogens with zero attached hydrogens (tertiary/aromatic N) is 2. The van der Waals surface area contributed by atoms with E-state index in [4.69, 9.17) is 4.42 Å². The normalized spacial score (nSPS) is 23.0. The van der Waals surface area contributed by atoms with Crippen LogP contribution in [-0.2, 0) is 0 Å². The molecular weight excluding hydrogens is 292 g/mol. The lowest BCUT2D eigenvalue weighted by molar-refractivity contribution is 0.0693. The lowest BCUT2D eigenvalue weighted by Crippen LogP contribution is -2.48. The van der Waals surface area contributed by atoms with Crippen molar-refractivity contribution in [3.05, 3.63) is 29.7 Å². The number of furan rings is 1. The Bertz CT molecular complexity index is 594. The van der Waals surface area contributed by atoms with Crippen molar-refractivity contribution in [1.82, 2.24) is 9.88 Å². The highest BCUT2D eigenvalue weighted by Gasteiger charge is 2.30. The van der Waals surface area contributed by atoms with Crippen molar-refractivity contribution in [2.24, 2.45) is 0 Å². The molecule has 2 aromatic rings. The molecule has 0 saturated carbocycles. The van der Waals surface area contributed by atoms with E-state index >= 15 is 0 Å². The van der Waals surface area contributed by atoms with Crippen LogP contribution in [0.15, 0.2) is 28.4 Å². The van der Waals surface area contributed by atoms with Crippen molar-refractivity contribution in [1.29, 1.82) is 0 Å². The highest BCUT2D eigenvalue weighted by molar-refractivity contribution is 8.00. The molecule has 1 aliphatic rings. The number of hydrogen-bond acceptors (Lipinski definition) is 5. The van der Waals surface area contributed by atoms with E-state index in [1.54, 1.807) is 12.5 Å². The molecule has 3 heterocycles. The van der Waals surface area contributed by atoms with E-state index in [0.29, 0.717) is 10.9 Å². The maximum absolute atomic E-state index is 12.6. The first-order valence-corrected chi connectivity index (χ1v) is 8.50. The third kappa shape index (κ3) is 2.50. The molecule has 0 unspecified atom stereocenters. The Morgan fingerprint density at radius 2 is 2.35 bits per heavy atom. The molecule has 0 bridgehead atoms. The van der Waals surface area contributed by atoms with Crippen molar-refractivity contribution in [2.75, 3.05) is 12.3 Å². The van der Waals surface area contributed by atoms with Crippen LogP contribution in [0.25, 0.3) is 10.6 Å². The Morgan fingerprint density at radius 1 is 1.50 bits per heavy atom. The minimum Gasteiger partial charge on any atom is -0.472 e. The van der Waals surface area contributed by atoms with E-state index in [1.165, 1.54) is 11.3 Å². The predicted octanol–water partition coefficient (Wildman–Crippen LogP) is 3.37. The quantitative estimate of drug-likeness (QED) is 0.853. The summed E-state index contributed by atoms with van der Waals surface area (Å²) in [6.45, 7) is 5.08. The molecule has 2 atom stereocenters. The van der Waals surface area contributed by atoms with Gasteiger partial charge in [0.2, 0.25) is 0 Å². The van der Waals surface area contributed by atoms with Gasteiger partial charge in [-0.25, -0.2) is 4.98 Å². The van der Waals surface area contributed by atoms with E-state index in [2.05, 4.69) is 18.8 Å². The number of thiazole rings is 1. The fourth-order valence-corrected chi connectivity index (χ4v) is 4.14. The van der Waals surface area contributed by atoms with Crippen LogP contribution in [0, 0.1) is 0 Å². The highest BCUT2D eigenvalue weighted by atomic mass is 32.2. The second-order valence-corrected chi connectivity index (χ2v) is 7.21. The van der Waals surface area contributed by atoms with Gasteiger partial charge in [-0.15, -0.1) is 11.3 Å². The van der Waals surface area contributed by atoms with Gasteiger partial charge in [-0.05, 0) is 13.0 Å². The second-order valence-electron chi connectivity index (χ2n) is 4.86. The molecule has 6 heteroatoms. The standard InChI is InChI=1S/C14H16N2O2S2/c1-9-10(2)19-6-4-16(9)14(17)12-8-20-13(15-12)11-3-5-18-7-11/h3,5,7-10H,4,6H2,1-2H3/t9-,10+/m0/s1. The summed E-state index contributed by atoms with van der Waals surface area (Å²) >= 11 is 3.40. The van der Waals surface area contributed by atoms with Crippen molar-refractivity contribution in [2.45, 2.75) is 25.1 Å². The molecule has 3 rings (SSSR count). The molecule has 1 saturated heterocycles. The Kier molecular flexibility index (Phi) is 3.85. The molecule has 4 nitrogen and oxygen atoms in total. The molecule has 106 valence electrons. The van der Waals surface area contributed by atoms with E-state index in [-0.39, 0.29) is 11.9 Å². The van der Waals surface area contributed by atoms with Gasteiger partial charge >= 0.3 is 0 Å². The zero-order valence-electron chi connectivity index (χ0n) is 11.4. The van der Waals surface area contributed by atoms with Gasteiger partial charge in [-0.1, -0.05) is 6.92 Å². The SMILES string of the molecule is C[C@H]1SCCN(C(=O)c2csc(-c3ccoc3)n2)[C@H]1C. The molecule has 1 aliphatic heterocycles. The number of amides is 1. The Hall–Kier alpha value is -1.27. The number of rotatable bonds is 2. The summed E-state index contributed by atoms with van der Waals surface area (Å²) in [4.78, 5) is 19.0. The van der Waals surface area contributed by atoms with Gasteiger partial charge in [0, 0.05) is 34.5 Å². The van der Waals surface area contributed by atoms with Gasteiger partial charge in [-0.2, -0.15) is 11.8 Å². The van der Waals surface area contributed by atoms with Gasteiger partial charge in [-0.3, -0.25) is 4.79 Å². The van der Waals surface area contributed by atoms with Crippen LogP contribution in [0.2, 0.25) is 0 Å². The van der Waals surface area contributed by atoms with E-state index in [1.807, 2.05) is 28.1 Å². The zero-order valence-corrected chi connectivity index (χ0v) is 13.0. The number of carbonyl (C=O) groups is 1. The fraction of sp³-hybridized carbons (Fsp3) is 0.429. The van der Waals surface area contributed by atoms with Crippen molar-refractivity contribution >= 4 is 29.0 Å². The summed E-state index contributed by atoms with van der Waals surface area (Å²) in [5.41, 5.74) is 1.46. The summed E-state index contributed by atoms with van der Waals surface area (Å²) in [6.07, 6.45) is 3.26. The molecular formula is C14H16N2O2S2. The van der Waals surface area contributed by atoms with Crippen molar-refractivity contribution in [3.8, 4) is 10.6 Å². The molecule has 2 aromatic heterocycles. The first-order valence-electron chi connectivity index (χ1n) is 6.57. The minimum absolute atomic E-state index is 0.0376. The van der Waals surface area contributed by atoms with Crippen LogP contribution in [-0.4, -0.2) is 39.4 Å². The van der Waals surface area contributed by atoms with Gasteiger partial charge in [0.15, 0.2) is 0 Å². The zero-order chi connectivity index (χ0) is 14.1. The number of carbonyl (C=O) groups excluding carboxylic acids is 1. The molecule has 0 N–H and O–H groups in total. The number of thioether (sulfide) groups is 1. The van der Waals surface area contributed by atoms with Crippen LogP contribution in [0.5, 0.6) is 0 Å². The minimum atomic E-state index is 0.0376. The maximum Gasteiger partial charge on any atom is 0.273 e. The fourth-order valence-electron chi connectivity index (χ4n) is 2.26.